The van der Waals surface area contributed by atoms with Crippen molar-refractivity contribution in [3.05, 3.63) is 194 Å². The first-order chi connectivity index (χ1) is 26.3. The molecule has 0 radical (unpaired) electrons. The van der Waals surface area contributed by atoms with Gasteiger partial charge < -0.3 is 13.9 Å². The Morgan fingerprint density at radius 2 is 0.962 bits per heavy atom. The zero-order valence-electron chi connectivity index (χ0n) is 28.8. The van der Waals surface area contributed by atoms with Crippen LogP contribution in [0.1, 0.15) is 0 Å². The maximum Gasteiger partial charge on any atom is 0.136 e. The van der Waals surface area contributed by atoms with Crippen LogP contribution in [0, 0.1) is 0 Å². The number of furan rings is 1. The van der Waals surface area contributed by atoms with E-state index in [2.05, 4.69) is 191 Å². The Bertz CT molecular complexity index is 3170. The summed E-state index contributed by atoms with van der Waals surface area (Å²) in [4.78, 5) is 2.41. The number of anilines is 3. The lowest BCUT2D eigenvalue weighted by Crippen LogP contribution is -2.10. The molecule has 0 bridgehead atoms. The fourth-order valence-electron chi connectivity index (χ4n) is 8.26. The van der Waals surface area contributed by atoms with Gasteiger partial charge in [-0.05, 0) is 112 Å². The lowest BCUT2D eigenvalue weighted by molar-refractivity contribution is 0.669. The molecule has 0 aliphatic carbocycles. The molecule has 248 valence electrons. The maximum absolute atomic E-state index is 6.28. The number of hydrogen-bond acceptors (Lipinski definition) is 2. The van der Waals surface area contributed by atoms with Gasteiger partial charge in [0, 0.05) is 44.3 Å². The van der Waals surface area contributed by atoms with Crippen LogP contribution in [0.25, 0.3) is 82.1 Å². The van der Waals surface area contributed by atoms with E-state index in [1.165, 1.54) is 49.1 Å². The van der Waals surface area contributed by atoms with Gasteiger partial charge in [0.1, 0.15) is 11.2 Å². The molecule has 0 saturated carbocycles. The Morgan fingerprint density at radius 1 is 0.340 bits per heavy atom. The summed E-state index contributed by atoms with van der Waals surface area (Å²) in [5.41, 5.74) is 11.0. The lowest BCUT2D eigenvalue weighted by atomic mass is 9.98. The number of fused-ring (bicyclic) bond motifs is 9. The van der Waals surface area contributed by atoms with Crippen molar-refractivity contribution in [2.45, 2.75) is 0 Å². The van der Waals surface area contributed by atoms with Gasteiger partial charge in [-0.1, -0.05) is 115 Å². The van der Waals surface area contributed by atoms with Gasteiger partial charge in [0.2, 0.25) is 0 Å². The molecule has 2 aromatic heterocycles. The van der Waals surface area contributed by atoms with Crippen LogP contribution in [0.5, 0.6) is 0 Å². The molecule has 0 saturated heterocycles. The fourth-order valence-corrected chi connectivity index (χ4v) is 8.26. The fraction of sp³-hybridized carbons (Fsp3) is 0. The minimum absolute atomic E-state index is 0.913. The molecule has 0 unspecified atom stereocenters. The molecule has 3 heteroatoms. The molecule has 0 aliphatic rings. The zero-order valence-corrected chi connectivity index (χ0v) is 28.8. The molecule has 53 heavy (non-hydrogen) atoms. The minimum Gasteiger partial charge on any atom is -0.456 e. The summed E-state index contributed by atoms with van der Waals surface area (Å²) in [6.45, 7) is 0. The van der Waals surface area contributed by atoms with Gasteiger partial charge >= 0.3 is 0 Å². The first kappa shape index (κ1) is 29.6. The van der Waals surface area contributed by atoms with Crippen molar-refractivity contribution in [1.82, 2.24) is 4.57 Å². The second-order valence-electron chi connectivity index (χ2n) is 13.8. The Morgan fingerprint density at radius 3 is 1.83 bits per heavy atom. The monoisotopic (exact) mass is 676 g/mol. The average Bonchev–Trinajstić information content (AvgIpc) is 3.76. The number of rotatable bonds is 5. The molecular weight excluding hydrogens is 645 g/mol. The third kappa shape index (κ3) is 4.75. The van der Waals surface area contributed by atoms with Gasteiger partial charge in [0.15, 0.2) is 0 Å². The van der Waals surface area contributed by atoms with E-state index in [4.69, 9.17) is 4.42 Å². The van der Waals surface area contributed by atoms with E-state index in [9.17, 15) is 0 Å². The van der Waals surface area contributed by atoms with E-state index in [-0.39, 0.29) is 0 Å². The van der Waals surface area contributed by atoms with E-state index in [1.54, 1.807) is 0 Å². The predicted octanol–water partition coefficient (Wildman–Crippen LogP) is 14.1. The normalized spacial score (nSPS) is 11.8. The SMILES string of the molecule is c1ccc(-c2cccc(N(c3ccc4ccc5cc6oc7ccccc7c6cc5c4c3)c3ccc4c(c3)c3ccccc3n4-c3ccccc3)c2)cc1. The Kier molecular flexibility index (Phi) is 6.55. The van der Waals surface area contributed by atoms with Crippen LogP contribution in [-0.4, -0.2) is 4.57 Å². The third-order valence-corrected chi connectivity index (χ3v) is 10.7. The topological polar surface area (TPSA) is 21.3 Å². The van der Waals surface area contributed by atoms with Crippen LogP contribution >= 0.6 is 0 Å². The van der Waals surface area contributed by atoms with Gasteiger partial charge in [-0.15, -0.1) is 0 Å². The molecule has 0 fully saturated rings. The molecule has 0 atom stereocenters. The molecule has 2 heterocycles. The highest BCUT2D eigenvalue weighted by molar-refractivity contribution is 6.17. The summed E-state index contributed by atoms with van der Waals surface area (Å²) in [5, 5.41) is 9.50. The van der Waals surface area contributed by atoms with E-state index >= 15 is 0 Å². The van der Waals surface area contributed by atoms with Gasteiger partial charge in [-0.3, -0.25) is 0 Å². The van der Waals surface area contributed by atoms with Crippen molar-refractivity contribution in [2.75, 3.05) is 4.90 Å². The standard InChI is InChI=1S/C50H32N2O/c1-3-12-33(13-4-1)35-14-11-17-38(28-35)51(40-26-27-48-45(31-40)41-18-7-9-20-47(41)52(48)37-15-5-2-6-16-37)39-25-24-34-22-23-36-29-50-46(32-44(36)43(34)30-39)42-19-8-10-21-49(42)53-50/h1-32H. The molecule has 11 rings (SSSR count). The summed E-state index contributed by atoms with van der Waals surface area (Å²) in [7, 11) is 0. The van der Waals surface area contributed by atoms with Gasteiger partial charge in [-0.2, -0.15) is 0 Å². The van der Waals surface area contributed by atoms with Crippen LogP contribution in [0.15, 0.2) is 199 Å². The molecule has 0 N–H and O–H groups in total. The van der Waals surface area contributed by atoms with Crippen LogP contribution in [0.4, 0.5) is 17.1 Å². The van der Waals surface area contributed by atoms with Crippen molar-refractivity contribution in [2.24, 2.45) is 0 Å². The summed E-state index contributed by atoms with van der Waals surface area (Å²) in [6.07, 6.45) is 0. The highest BCUT2D eigenvalue weighted by Crippen LogP contribution is 2.43. The molecule has 0 aliphatic heterocycles. The first-order valence-corrected chi connectivity index (χ1v) is 18.1. The van der Waals surface area contributed by atoms with Gasteiger partial charge in [-0.25, -0.2) is 0 Å². The molecule has 0 spiro atoms. The smallest absolute Gasteiger partial charge is 0.136 e. The molecule has 9 aromatic carbocycles. The molecule has 3 nitrogen and oxygen atoms in total. The van der Waals surface area contributed by atoms with Crippen LogP contribution in [0.3, 0.4) is 0 Å². The van der Waals surface area contributed by atoms with Crippen molar-refractivity contribution in [3.63, 3.8) is 0 Å². The van der Waals surface area contributed by atoms with E-state index < -0.39 is 0 Å². The highest BCUT2D eigenvalue weighted by Gasteiger charge is 2.19. The largest absolute Gasteiger partial charge is 0.456 e. The first-order valence-electron chi connectivity index (χ1n) is 18.1. The summed E-state index contributed by atoms with van der Waals surface area (Å²) >= 11 is 0. The number of aromatic nitrogens is 1. The molecule has 0 amide bonds. The quantitative estimate of drug-likeness (QED) is 0.169. The van der Waals surface area contributed by atoms with Crippen LogP contribution in [-0.2, 0) is 0 Å². The highest BCUT2D eigenvalue weighted by atomic mass is 16.3. The average molecular weight is 677 g/mol. The second-order valence-corrected chi connectivity index (χ2v) is 13.8. The van der Waals surface area contributed by atoms with Crippen LogP contribution in [0.2, 0.25) is 0 Å². The molecular formula is C50H32N2O. The second kappa shape index (κ2) is 11.7. The summed E-state index contributed by atoms with van der Waals surface area (Å²) in [5.74, 6) is 0. The minimum atomic E-state index is 0.913. The van der Waals surface area contributed by atoms with Crippen molar-refractivity contribution in [3.8, 4) is 16.8 Å². The van der Waals surface area contributed by atoms with Crippen molar-refractivity contribution < 1.29 is 4.42 Å². The Labute approximate surface area is 306 Å². The number of hydrogen-bond donors (Lipinski definition) is 0. The van der Waals surface area contributed by atoms with Gasteiger partial charge in [0.25, 0.3) is 0 Å². The number of nitrogens with zero attached hydrogens (tertiary/aromatic N) is 2. The Hall–Kier alpha value is -7.10. The number of para-hydroxylation sites is 3. The van der Waals surface area contributed by atoms with Crippen LogP contribution < -0.4 is 4.90 Å². The molecule has 11 aromatic rings. The lowest BCUT2D eigenvalue weighted by Gasteiger charge is -2.27. The van der Waals surface area contributed by atoms with E-state index in [0.29, 0.717) is 0 Å². The maximum atomic E-state index is 6.28. The van der Waals surface area contributed by atoms with Crippen molar-refractivity contribution >= 4 is 82.4 Å². The van der Waals surface area contributed by atoms with E-state index in [0.717, 1.165) is 50.1 Å². The zero-order chi connectivity index (χ0) is 34.9. The Balaban J connectivity index is 1.16. The summed E-state index contributed by atoms with van der Waals surface area (Å²) < 4.78 is 8.66. The third-order valence-electron chi connectivity index (χ3n) is 10.7. The summed E-state index contributed by atoms with van der Waals surface area (Å²) in [6, 6.07) is 69.9. The predicted molar refractivity (Wildman–Crippen MR) is 223 cm³/mol. The van der Waals surface area contributed by atoms with Crippen molar-refractivity contribution in [1.29, 1.82) is 0 Å². The van der Waals surface area contributed by atoms with Gasteiger partial charge in [0.05, 0.1) is 11.0 Å². The van der Waals surface area contributed by atoms with E-state index in [1.807, 2.05) is 12.1 Å². The number of benzene rings is 9.